The first-order valence-electron chi connectivity index (χ1n) is 6.14. The molecular weight excluding hydrogens is 281 g/mol. The van der Waals surface area contributed by atoms with Gasteiger partial charge in [-0.05, 0) is 24.1 Å². The van der Waals surface area contributed by atoms with Gasteiger partial charge < -0.3 is 5.32 Å². The van der Waals surface area contributed by atoms with E-state index in [2.05, 4.69) is 15.3 Å². The van der Waals surface area contributed by atoms with Crippen LogP contribution in [0.1, 0.15) is 24.8 Å². The number of benzene rings is 1. The third-order valence-corrected chi connectivity index (χ3v) is 3.07. The van der Waals surface area contributed by atoms with Crippen LogP contribution in [0.3, 0.4) is 0 Å². The molecule has 0 fully saturated rings. The lowest BCUT2D eigenvalue weighted by Gasteiger charge is -2.15. The molecule has 0 radical (unpaired) electrons. The van der Waals surface area contributed by atoms with Crippen LogP contribution >= 0.6 is 11.6 Å². The Hall–Kier alpha value is -2.01. The van der Waals surface area contributed by atoms with Gasteiger partial charge in [0.2, 0.25) is 11.9 Å². The van der Waals surface area contributed by atoms with Crippen LogP contribution in [0, 0.1) is 5.95 Å². The third kappa shape index (κ3) is 3.51. The minimum atomic E-state index is -0.737. The fourth-order valence-electron chi connectivity index (χ4n) is 1.91. The van der Waals surface area contributed by atoms with Crippen molar-refractivity contribution in [1.82, 2.24) is 9.97 Å². The number of anilines is 1. The number of rotatable bonds is 4. The van der Waals surface area contributed by atoms with Gasteiger partial charge >= 0.3 is 0 Å². The second-order valence-electron chi connectivity index (χ2n) is 4.23. The number of aromatic nitrogens is 2. The first-order chi connectivity index (χ1) is 9.60. The Balaban J connectivity index is 2.17. The van der Waals surface area contributed by atoms with Gasteiger partial charge in [-0.3, -0.25) is 9.78 Å². The first kappa shape index (κ1) is 14.4. The van der Waals surface area contributed by atoms with Crippen molar-refractivity contribution in [3.63, 3.8) is 0 Å². The predicted octanol–water partition coefficient (Wildman–Crippen LogP) is 3.40. The number of nitrogens with zero attached hydrogens (tertiary/aromatic N) is 2. The number of hydrogen-bond acceptors (Lipinski definition) is 3. The summed E-state index contributed by atoms with van der Waals surface area (Å²) in [5.74, 6) is -1.29. The Morgan fingerprint density at radius 3 is 2.90 bits per heavy atom. The average Bonchev–Trinajstić information content (AvgIpc) is 2.39. The fourth-order valence-corrected chi connectivity index (χ4v) is 2.11. The molecule has 1 aromatic heterocycles. The lowest BCUT2D eigenvalue weighted by molar-refractivity contribution is -0.117. The van der Waals surface area contributed by atoms with E-state index in [-0.39, 0.29) is 17.6 Å². The van der Waals surface area contributed by atoms with Crippen LogP contribution in [-0.2, 0) is 4.79 Å². The highest BCUT2D eigenvalue weighted by molar-refractivity contribution is 6.30. The zero-order chi connectivity index (χ0) is 14.5. The van der Waals surface area contributed by atoms with Crippen molar-refractivity contribution in [2.24, 2.45) is 0 Å². The number of nitrogens with one attached hydrogen (secondary N) is 1. The zero-order valence-corrected chi connectivity index (χ0v) is 11.6. The Bertz CT molecular complexity index is 621. The molecule has 4 nitrogen and oxygen atoms in total. The van der Waals surface area contributed by atoms with E-state index in [1.165, 1.54) is 6.20 Å². The molecule has 0 bridgehead atoms. The number of carbonyl (C=O) groups excluding carboxylic acids is 1. The maximum Gasteiger partial charge on any atom is 0.233 e. The summed E-state index contributed by atoms with van der Waals surface area (Å²) < 4.78 is 12.9. The van der Waals surface area contributed by atoms with Crippen LogP contribution in [0.25, 0.3) is 0 Å². The van der Waals surface area contributed by atoms with E-state index in [0.29, 0.717) is 11.4 Å². The largest absolute Gasteiger partial charge is 0.309 e. The number of amides is 1. The quantitative estimate of drug-likeness (QED) is 0.940. The molecule has 1 N–H and O–H groups in total. The monoisotopic (exact) mass is 293 g/mol. The summed E-state index contributed by atoms with van der Waals surface area (Å²) in [7, 11) is 0. The molecule has 1 aromatic carbocycles. The van der Waals surface area contributed by atoms with E-state index in [1.54, 1.807) is 18.2 Å². The van der Waals surface area contributed by atoms with Gasteiger partial charge in [0.25, 0.3) is 0 Å². The van der Waals surface area contributed by atoms with Gasteiger partial charge in [0.15, 0.2) is 5.82 Å². The van der Waals surface area contributed by atoms with E-state index < -0.39 is 5.95 Å². The molecule has 2 aromatic rings. The minimum absolute atomic E-state index is 0.0930. The van der Waals surface area contributed by atoms with Gasteiger partial charge in [0, 0.05) is 5.02 Å². The van der Waals surface area contributed by atoms with Crippen LogP contribution in [0.5, 0.6) is 0 Å². The summed E-state index contributed by atoms with van der Waals surface area (Å²) in [6.07, 6.45) is 2.87. The normalized spacial score (nSPS) is 11.9. The Kier molecular flexibility index (Phi) is 4.63. The predicted molar refractivity (Wildman–Crippen MR) is 75.1 cm³/mol. The summed E-state index contributed by atoms with van der Waals surface area (Å²) in [4.78, 5) is 19.4. The molecule has 104 valence electrons. The van der Waals surface area contributed by atoms with Crippen molar-refractivity contribution in [3.05, 3.63) is 53.2 Å². The molecule has 0 spiro atoms. The van der Waals surface area contributed by atoms with Crippen molar-refractivity contribution >= 4 is 23.3 Å². The summed E-state index contributed by atoms with van der Waals surface area (Å²) in [5, 5.41) is 3.12. The van der Waals surface area contributed by atoms with E-state index >= 15 is 0 Å². The number of carbonyl (C=O) groups is 1. The highest BCUT2D eigenvalue weighted by atomic mass is 35.5. The Labute approximate surface area is 121 Å². The van der Waals surface area contributed by atoms with E-state index in [4.69, 9.17) is 11.6 Å². The van der Waals surface area contributed by atoms with Gasteiger partial charge in [0.05, 0.1) is 18.3 Å². The van der Waals surface area contributed by atoms with Gasteiger partial charge in [-0.2, -0.15) is 9.37 Å². The molecule has 2 rings (SSSR count). The summed E-state index contributed by atoms with van der Waals surface area (Å²) in [6, 6.07) is 7.10. The molecule has 0 aliphatic rings. The molecule has 20 heavy (non-hydrogen) atoms. The highest BCUT2D eigenvalue weighted by Crippen LogP contribution is 2.23. The SMILES string of the molecule is CCC(C(=O)Nc1cncc(F)n1)c1cccc(Cl)c1. The smallest absolute Gasteiger partial charge is 0.233 e. The van der Waals surface area contributed by atoms with Crippen molar-refractivity contribution in [2.75, 3.05) is 5.32 Å². The molecule has 6 heteroatoms. The molecule has 0 aliphatic carbocycles. The van der Waals surface area contributed by atoms with Crippen molar-refractivity contribution in [2.45, 2.75) is 19.3 Å². The van der Waals surface area contributed by atoms with Crippen LogP contribution in [0.4, 0.5) is 10.2 Å². The van der Waals surface area contributed by atoms with E-state index in [0.717, 1.165) is 11.8 Å². The van der Waals surface area contributed by atoms with Gasteiger partial charge in [0.1, 0.15) is 0 Å². The van der Waals surface area contributed by atoms with Crippen LogP contribution in [-0.4, -0.2) is 15.9 Å². The highest BCUT2D eigenvalue weighted by Gasteiger charge is 2.19. The lowest BCUT2D eigenvalue weighted by atomic mass is 9.96. The third-order valence-electron chi connectivity index (χ3n) is 2.83. The van der Waals surface area contributed by atoms with E-state index in [9.17, 15) is 9.18 Å². The van der Waals surface area contributed by atoms with Crippen molar-refractivity contribution in [3.8, 4) is 0 Å². The molecule has 1 unspecified atom stereocenters. The van der Waals surface area contributed by atoms with Gasteiger partial charge in [-0.15, -0.1) is 0 Å². The topological polar surface area (TPSA) is 54.9 Å². The van der Waals surface area contributed by atoms with Crippen LogP contribution < -0.4 is 5.32 Å². The minimum Gasteiger partial charge on any atom is -0.309 e. The maximum atomic E-state index is 12.9. The zero-order valence-electron chi connectivity index (χ0n) is 10.8. The molecule has 0 saturated heterocycles. The van der Waals surface area contributed by atoms with Gasteiger partial charge in [-0.25, -0.2) is 0 Å². The van der Waals surface area contributed by atoms with Crippen LogP contribution in [0.2, 0.25) is 5.02 Å². The standard InChI is InChI=1S/C14H13ClFN3O/c1-2-11(9-4-3-5-10(15)6-9)14(20)19-13-8-17-7-12(16)18-13/h3-8,11H,2H2,1H3,(H,18,19,20). The molecule has 1 amide bonds. The van der Waals surface area contributed by atoms with Crippen LogP contribution in [0.15, 0.2) is 36.7 Å². The second kappa shape index (κ2) is 6.43. The molecule has 0 saturated carbocycles. The number of halogens is 2. The average molecular weight is 294 g/mol. The molecular formula is C14H13ClFN3O. The summed E-state index contributed by atoms with van der Waals surface area (Å²) in [5.41, 5.74) is 0.807. The Morgan fingerprint density at radius 1 is 1.45 bits per heavy atom. The second-order valence-corrected chi connectivity index (χ2v) is 4.67. The molecule has 0 aliphatic heterocycles. The van der Waals surface area contributed by atoms with Crippen molar-refractivity contribution < 1.29 is 9.18 Å². The lowest BCUT2D eigenvalue weighted by Crippen LogP contribution is -2.21. The summed E-state index contributed by atoms with van der Waals surface area (Å²) >= 11 is 5.93. The first-order valence-corrected chi connectivity index (χ1v) is 6.52. The van der Waals surface area contributed by atoms with Gasteiger partial charge in [-0.1, -0.05) is 30.7 Å². The summed E-state index contributed by atoms with van der Waals surface area (Å²) in [6.45, 7) is 1.89. The van der Waals surface area contributed by atoms with Crippen molar-refractivity contribution in [1.29, 1.82) is 0 Å². The maximum absolute atomic E-state index is 12.9. The van der Waals surface area contributed by atoms with E-state index in [1.807, 2.05) is 13.0 Å². The number of hydrogen-bond donors (Lipinski definition) is 1. The molecule has 1 heterocycles. The fraction of sp³-hybridized carbons (Fsp3) is 0.214. The molecule has 1 atom stereocenters. The Morgan fingerprint density at radius 2 is 2.25 bits per heavy atom.